The molecule has 1 aromatic heterocycles. The quantitative estimate of drug-likeness (QED) is 0.918. The number of pyridine rings is 1. The van der Waals surface area contributed by atoms with E-state index in [9.17, 15) is 4.79 Å². The molecule has 0 aliphatic rings. The zero-order chi connectivity index (χ0) is 15.6. The van der Waals surface area contributed by atoms with E-state index in [-0.39, 0.29) is 11.0 Å². The van der Waals surface area contributed by atoms with Gasteiger partial charge in [0.15, 0.2) is 0 Å². The predicted molar refractivity (Wildman–Crippen MR) is 89.9 cm³/mol. The Bertz CT molecular complexity index is 688. The maximum atomic E-state index is 12.2. The first-order valence-corrected chi connectivity index (χ1v) is 7.43. The van der Waals surface area contributed by atoms with Crippen molar-refractivity contribution in [1.29, 1.82) is 0 Å². The largest absolute Gasteiger partial charge is 0.371 e. The van der Waals surface area contributed by atoms with Gasteiger partial charge in [-0.3, -0.25) is 4.79 Å². The van der Waals surface area contributed by atoms with E-state index in [0.29, 0.717) is 6.54 Å². The standard InChI is InChI=1S/C17H25N3O/c1-5-20(12-17(2,3)11-18)15-10-16(21)19(4)14-9-7-6-8-13(14)15/h6-10H,5,11-12,18H2,1-4H3. The van der Waals surface area contributed by atoms with Crippen molar-refractivity contribution in [2.24, 2.45) is 18.2 Å². The molecule has 0 amide bonds. The summed E-state index contributed by atoms with van der Waals surface area (Å²) in [5, 5.41) is 1.11. The molecular formula is C17H25N3O. The van der Waals surface area contributed by atoms with E-state index in [1.54, 1.807) is 10.6 Å². The number of nitrogens with two attached hydrogens (primary N) is 1. The molecule has 0 fully saturated rings. The normalized spacial score (nSPS) is 11.9. The van der Waals surface area contributed by atoms with Crippen molar-refractivity contribution in [3.8, 4) is 0 Å². The molecular weight excluding hydrogens is 262 g/mol. The summed E-state index contributed by atoms with van der Waals surface area (Å²) in [5.74, 6) is 0. The molecule has 0 saturated heterocycles. The Balaban J connectivity index is 2.59. The highest BCUT2D eigenvalue weighted by atomic mass is 16.1. The van der Waals surface area contributed by atoms with Gasteiger partial charge in [-0.05, 0) is 24.9 Å². The number of anilines is 1. The molecule has 4 nitrogen and oxygen atoms in total. The van der Waals surface area contributed by atoms with Gasteiger partial charge in [0.25, 0.3) is 5.56 Å². The lowest BCUT2D eigenvalue weighted by molar-refractivity contribution is 0.380. The molecule has 2 rings (SSSR count). The third-order valence-corrected chi connectivity index (χ3v) is 4.03. The number of aromatic nitrogens is 1. The van der Waals surface area contributed by atoms with Gasteiger partial charge in [0.05, 0.1) is 11.2 Å². The van der Waals surface area contributed by atoms with Gasteiger partial charge >= 0.3 is 0 Å². The highest BCUT2D eigenvalue weighted by molar-refractivity contribution is 5.91. The predicted octanol–water partition coefficient (Wildman–Crippen LogP) is 2.35. The number of nitrogens with zero attached hydrogens (tertiary/aromatic N) is 2. The van der Waals surface area contributed by atoms with Crippen LogP contribution in [0.4, 0.5) is 5.69 Å². The van der Waals surface area contributed by atoms with Crippen molar-refractivity contribution in [2.75, 3.05) is 24.5 Å². The number of aryl methyl sites for hydroxylation is 1. The molecule has 0 aliphatic carbocycles. The van der Waals surface area contributed by atoms with Crippen LogP contribution in [0.3, 0.4) is 0 Å². The zero-order valence-electron chi connectivity index (χ0n) is 13.4. The van der Waals surface area contributed by atoms with Crippen molar-refractivity contribution in [1.82, 2.24) is 4.57 Å². The fraction of sp³-hybridized carbons (Fsp3) is 0.471. The van der Waals surface area contributed by atoms with E-state index in [2.05, 4.69) is 31.7 Å². The summed E-state index contributed by atoms with van der Waals surface area (Å²) in [7, 11) is 1.81. The average molecular weight is 287 g/mol. The summed E-state index contributed by atoms with van der Waals surface area (Å²) in [6.07, 6.45) is 0. The van der Waals surface area contributed by atoms with Gasteiger partial charge in [-0.25, -0.2) is 0 Å². The van der Waals surface area contributed by atoms with Gasteiger partial charge in [-0.15, -0.1) is 0 Å². The van der Waals surface area contributed by atoms with Gasteiger partial charge in [0.2, 0.25) is 0 Å². The Morgan fingerprint density at radius 1 is 1.29 bits per heavy atom. The van der Waals surface area contributed by atoms with Crippen LogP contribution in [0.15, 0.2) is 35.1 Å². The van der Waals surface area contributed by atoms with Crippen LogP contribution in [0.5, 0.6) is 0 Å². The number of rotatable bonds is 5. The fourth-order valence-corrected chi connectivity index (χ4v) is 2.60. The van der Waals surface area contributed by atoms with Gasteiger partial charge in [0, 0.05) is 31.6 Å². The summed E-state index contributed by atoms with van der Waals surface area (Å²) >= 11 is 0. The van der Waals surface area contributed by atoms with E-state index in [1.807, 2.05) is 25.2 Å². The lowest BCUT2D eigenvalue weighted by Crippen LogP contribution is -2.39. The molecule has 21 heavy (non-hydrogen) atoms. The molecule has 2 aromatic rings. The van der Waals surface area contributed by atoms with Crippen LogP contribution in [-0.2, 0) is 7.05 Å². The monoisotopic (exact) mass is 287 g/mol. The van der Waals surface area contributed by atoms with Crippen LogP contribution in [0.25, 0.3) is 10.9 Å². The topological polar surface area (TPSA) is 51.3 Å². The van der Waals surface area contributed by atoms with Crippen molar-refractivity contribution in [3.05, 3.63) is 40.7 Å². The summed E-state index contributed by atoms with van der Waals surface area (Å²) in [6.45, 7) is 8.71. The van der Waals surface area contributed by atoms with Gasteiger partial charge in [0.1, 0.15) is 0 Å². The van der Waals surface area contributed by atoms with Crippen molar-refractivity contribution >= 4 is 16.6 Å². The van der Waals surface area contributed by atoms with E-state index in [0.717, 1.165) is 29.7 Å². The number of hydrogen-bond acceptors (Lipinski definition) is 3. The van der Waals surface area contributed by atoms with Crippen LogP contribution >= 0.6 is 0 Å². The lowest BCUT2D eigenvalue weighted by Gasteiger charge is -2.33. The molecule has 2 N–H and O–H groups in total. The van der Waals surface area contributed by atoms with Crippen LogP contribution < -0.4 is 16.2 Å². The SMILES string of the molecule is CCN(CC(C)(C)CN)c1cc(=O)n(C)c2ccccc12. The maximum Gasteiger partial charge on any atom is 0.252 e. The molecule has 1 heterocycles. The van der Waals surface area contributed by atoms with Crippen molar-refractivity contribution in [2.45, 2.75) is 20.8 Å². The molecule has 0 spiro atoms. The minimum absolute atomic E-state index is 0.0121. The van der Waals surface area contributed by atoms with Gasteiger partial charge in [-0.2, -0.15) is 0 Å². The zero-order valence-corrected chi connectivity index (χ0v) is 13.4. The maximum absolute atomic E-state index is 12.2. The molecule has 0 bridgehead atoms. The van der Waals surface area contributed by atoms with E-state index in [4.69, 9.17) is 5.73 Å². The molecule has 0 aliphatic heterocycles. The Hall–Kier alpha value is -1.81. The summed E-state index contributed by atoms with van der Waals surface area (Å²) < 4.78 is 1.70. The minimum Gasteiger partial charge on any atom is -0.371 e. The van der Waals surface area contributed by atoms with Crippen LogP contribution in [0, 0.1) is 5.41 Å². The summed E-state index contributed by atoms with van der Waals surface area (Å²) in [4.78, 5) is 14.5. The first kappa shape index (κ1) is 15.6. The Labute approximate surface area is 126 Å². The smallest absolute Gasteiger partial charge is 0.252 e. The van der Waals surface area contributed by atoms with Crippen LogP contribution in [-0.4, -0.2) is 24.2 Å². The third kappa shape index (κ3) is 3.10. The second-order valence-corrected chi connectivity index (χ2v) is 6.33. The van der Waals surface area contributed by atoms with Gasteiger partial charge in [-0.1, -0.05) is 32.0 Å². The van der Waals surface area contributed by atoms with Crippen LogP contribution in [0.1, 0.15) is 20.8 Å². The Morgan fingerprint density at radius 2 is 1.95 bits per heavy atom. The number of fused-ring (bicyclic) bond motifs is 1. The highest BCUT2D eigenvalue weighted by Gasteiger charge is 2.21. The van der Waals surface area contributed by atoms with E-state index >= 15 is 0 Å². The van der Waals surface area contributed by atoms with Crippen molar-refractivity contribution in [3.63, 3.8) is 0 Å². The summed E-state index contributed by atoms with van der Waals surface area (Å²) in [6, 6.07) is 9.77. The Kier molecular flexibility index (Phi) is 4.37. The molecule has 0 atom stereocenters. The van der Waals surface area contributed by atoms with Gasteiger partial charge < -0.3 is 15.2 Å². The van der Waals surface area contributed by atoms with Crippen LogP contribution in [0.2, 0.25) is 0 Å². The molecule has 4 heteroatoms. The minimum atomic E-state index is 0.0121. The molecule has 0 saturated carbocycles. The van der Waals surface area contributed by atoms with E-state index < -0.39 is 0 Å². The summed E-state index contributed by atoms with van der Waals surface area (Å²) in [5.41, 5.74) is 7.85. The third-order valence-electron chi connectivity index (χ3n) is 4.03. The Morgan fingerprint density at radius 3 is 2.57 bits per heavy atom. The number of hydrogen-bond donors (Lipinski definition) is 1. The highest BCUT2D eigenvalue weighted by Crippen LogP contribution is 2.27. The second kappa shape index (κ2) is 5.90. The van der Waals surface area contributed by atoms with Crippen molar-refractivity contribution < 1.29 is 0 Å². The first-order valence-electron chi connectivity index (χ1n) is 7.43. The fourth-order valence-electron chi connectivity index (χ4n) is 2.60. The molecule has 1 aromatic carbocycles. The molecule has 114 valence electrons. The number of benzene rings is 1. The molecule has 0 radical (unpaired) electrons. The number of para-hydroxylation sites is 1. The average Bonchev–Trinajstić information content (AvgIpc) is 2.49. The van der Waals surface area contributed by atoms with E-state index in [1.165, 1.54) is 0 Å². The second-order valence-electron chi connectivity index (χ2n) is 6.33. The first-order chi connectivity index (χ1) is 9.89. The molecule has 0 unspecified atom stereocenters. The lowest BCUT2D eigenvalue weighted by atomic mass is 9.92.